The van der Waals surface area contributed by atoms with Gasteiger partial charge < -0.3 is 27.9 Å². The minimum atomic E-state index is -4.54. The molecule has 0 fully saturated rings. The molecule has 59 heavy (non-hydrogen) atoms. The van der Waals surface area contributed by atoms with Crippen molar-refractivity contribution in [2.24, 2.45) is 0 Å². The Balaban J connectivity index is 4.24. The summed E-state index contributed by atoms with van der Waals surface area (Å²) < 4.78 is 34.7. The summed E-state index contributed by atoms with van der Waals surface area (Å²) in [5.74, 6) is -0.350. The molecule has 2 unspecified atom stereocenters. The van der Waals surface area contributed by atoms with Crippen LogP contribution in [0.2, 0.25) is 0 Å². The second-order valence-electron chi connectivity index (χ2n) is 16.7. The third kappa shape index (κ3) is 46.9. The Morgan fingerprint density at radius 1 is 0.542 bits per heavy atom. The van der Waals surface area contributed by atoms with Crippen LogP contribution >= 0.6 is 7.82 Å². The van der Waals surface area contributed by atoms with Crippen LogP contribution in [0.15, 0.2) is 72.9 Å². The van der Waals surface area contributed by atoms with Gasteiger partial charge in [0.15, 0.2) is 0 Å². The first kappa shape index (κ1) is 56.9. The molecule has 2 atom stereocenters. The van der Waals surface area contributed by atoms with Gasteiger partial charge in [-0.15, -0.1) is 0 Å². The van der Waals surface area contributed by atoms with Crippen molar-refractivity contribution in [1.82, 2.24) is 0 Å². The van der Waals surface area contributed by atoms with E-state index in [-0.39, 0.29) is 25.8 Å². The molecule has 342 valence electrons. The largest absolute Gasteiger partial charge is 0.756 e. The third-order valence-electron chi connectivity index (χ3n) is 9.74. The van der Waals surface area contributed by atoms with E-state index in [1.54, 1.807) is 0 Å². The molecule has 0 aliphatic heterocycles. The number of esters is 1. The molecule has 0 rings (SSSR count). The van der Waals surface area contributed by atoms with Crippen LogP contribution < -0.4 is 4.89 Å². The maximum absolute atomic E-state index is 12.7. The van der Waals surface area contributed by atoms with Crippen molar-refractivity contribution in [3.8, 4) is 0 Å². The molecule has 9 heteroatoms. The highest BCUT2D eigenvalue weighted by Gasteiger charge is 2.20. The van der Waals surface area contributed by atoms with Gasteiger partial charge in [0.1, 0.15) is 19.3 Å². The number of hydrogen-bond acceptors (Lipinski definition) is 7. The van der Waals surface area contributed by atoms with Gasteiger partial charge in [-0.05, 0) is 83.5 Å². The molecular formula is C50H90NO7P. The van der Waals surface area contributed by atoms with Crippen LogP contribution in [0.1, 0.15) is 181 Å². The summed E-state index contributed by atoms with van der Waals surface area (Å²) in [6, 6.07) is 0. The number of carbonyl (C=O) groups is 1. The van der Waals surface area contributed by atoms with Gasteiger partial charge in [-0.2, -0.15) is 0 Å². The zero-order valence-electron chi connectivity index (χ0n) is 38.7. The standard InChI is InChI=1S/C50H90NO7P/c1-6-8-10-12-14-16-18-20-22-24-25-26-28-30-32-34-36-38-40-42-45-55-47-49(48-57-59(53,54)56-46-44-51(3,4)5)58-50(52)43-41-39-37-35-33-31-29-27-23-21-19-17-15-13-11-9-7-2/h9,11,14-17,20-23,25-26,49H,6-8,10,12-13,18-19,24,27-48H2,1-5H3/b11-9-,16-14-,17-15-,22-20-,23-21-,26-25-. The summed E-state index contributed by atoms with van der Waals surface area (Å²) in [4.78, 5) is 25.1. The minimum absolute atomic E-state index is 0.0182. The number of rotatable bonds is 43. The smallest absolute Gasteiger partial charge is 0.306 e. The molecule has 0 saturated heterocycles. The predicted molar refractivity (Wildman–Crippen MR) is 249 cm³/mol. The Labute approximate surface area is 363 Å². The van der Waals surface area contributed by atoms with E-state index in [0.717, 1.165) is 89.9 Å². The number of unbranched alkanes of at least 4 members (excludes halogenated alkanes) is 17. The molecule has 0 aromatic rings. The Hall–Kier alpha value is -2.06. The van der Waals surface area contributed by atoms with E-state index < -0.39 is 13.9 Å². The van der Waals surface area contributed by atoms with Crippen molar-refractivity contribution in [3.63, 3.8) is 0 Å². The molecule has 0 heterocycles. The number of phosphoric ester groups is 1. The van der Waals surface area contributed by atoms with E-state index >= 15 is 0 Å². The number of likely N-dealkylation sites (N-methyl/N-ethyl adjacent to an activating group) is 1. The quantitative estimate of drug-likeness (QED) is 0.0198. The van der Waals surface area contributed by atoms with Crippen LogP contribution in [0.4, 0.5) is 0 Å². The Morgan fingerprint density at radius 2 is 0.983 bits per heavy atom. The summed E-state index contributed by atoms with van der Waals surface area (Å²) >= 11 is 0. The van der Waals surface area contributed by atoms with E-state index in [9.17, 15) is 14.3 Å². The summed E-state index contributed by atoms with van der Waals surface area (Å²) in [5, 5.41) is 0. The molecule has 0 radical (unpaired) electrons. The summed E-state index contributed by atoms with van der Waals surface area (Å²) in [7, 11) is 1.33. The van der Waals surface area contributed by atoms with Crippen molar-refractivity contribution in [1.29, 1.82) is 0 Å². The van der Waals surface area contributed by atoms with Gasteiger partial charge in [0.25, 0.3) is 7.82 Å². The number of hydrogen-bond donors (Lipinski definition) is 0. The third-order valence-corrected chi connectivity index (χ3v) is 10.7. The van der Waals surface area contributed by atoms with Crippen molar-refractivity contribution < 1.29 is 37.3 Å². The van der Waals surface area contributed by atoms with Gasteiger partial charge in [0, 0.05) is 13.0 Å². The second kappa shape index (κ2) is 42.6. The Morgan fingerprint density at radius 3 is 1.47 bits per heavy atom. The van der Waals surface area contributed by atoms with Crippen molar-refractivity contribution in [2.45, 2.75) is 187 Å². The fourth-order valence-corrected chi connectivity index (χ4v) is 6.82. The molecular weight excluding hydrogens is 758 g/mol. The first-order valence-electron chi connectivity index (χ1n) is 23.7. The minimum Gasteiger partial charge on any atom is -0.756 e. The van der Waals surface area contributed by atoms with Gasteiger partial charge in [-0.3, -0.25) is 9.36 Å². The number of carbonyl (C=O) groups excluding carboxylic acids is 1. The first-order valence-corrected chi connectivity index (χ1v) is 25.1. The van der Waals surface area contributed by atoms with Crippen molar-refractivity contribution in [2.75, 3.05) is 54.1 Å². The lowest BCUT2D eigenvalue weighted by molar-refractivity contribution is -0.870. The van der Waals surface area contributed by atoms with Gasteiger partial charge in [-0.1, -0.05) is 164 Å². The molecule has 0 aromatic heterocycles. The molecule has 0 spiro atoms. The SMILES string of the molecule is CC/C=C\C/C=C\C/C=C\CCCCCCCCCC(=O)OC(COCCCCCCCCC/C=C\C/C=C\C/C=C\CCCCC)COP(=O)([O-])OCC[N+](C)(C)C. The highest BCUT2D eigenvalue weighted by atomic mass is 31.2. The second-order valence-corrected chi connectivity index (χ2v) is 18.1. The monoisotopic (exact) mass is 848 g/mol. The van der Waals surface area contributed by atoms with E-state index in [4.69, 9.17) is 18.5 Å². The van der Waals surface area contributed by atoms with Gasteiger partial charge in [0.05, 0.1) is 34.4 Å². The van der Waals surface area contributed by atoms with E-state index in [1.165, 1.54) is 70.6 Å². The lowest BCUT2D eigenvalue weighted by atomic mass is 10.1. The van der Waals surface area contributed by atoms with E-state index in [1.807, 2.05) is 21.1 Å². The summed E-state index contributed by atoms with van der Waals surface area (Å²) in [6.07, 6.45) is 54.8. The molecule has 0 aliphatic carbocycles. The maximum atomic E-state index is 12.7. The van der Waals surface area contributed by atoms with Crippen LogP contribution in [0, 0.1) is 0 Å². The zero-order valence-corrected chi connectivity index (χ0v) is 39.6. The van der Waals surface area contributed by atoms with E-state index in [2.05, 4.69) is 86.8 Å². The zero-order chi connectivity index (χ0) is 43.4. The van der Waals surface area contributed by atoms with Crippen LogP contribution in [0.5, 0.6) is 0 Å². The van der Waals surface area contributed by atoms with Crippen LogP contribution in [0.25, 0.3) is 0 Å². The predicted octanol–water partition coefficient (Wildman–Crippen LogP) is 13.6. The van der Waals surface area contributed by atoms with Gasteiger partial charge >= 0.3 is 5.97 Å². The van der Waals surface area contributed by atoms with E-state index in [0.29, 0.717) is 24.1 Å². The number of nitrogens with zero attached hydrogens (tertiary/aromatic N) is 1. The van der Waals surface area contributed by atoms with Crippen LogP contribution in [-0.4, -0.2) is 70.7 Å². The normalized spacial score (nSPS) is 14.3. The Kier molecular flexibility index (Phi) is 41.1. The number of allylic oxidation sites excluding steroid dienone is 12. The summed E-state index contributed by atoms with van der Waals surface area (Å²) in [5.41, 5.74) is 0. The molecule has 0 saturated carbocycles. The van der Waals surface area contributed by atoms with Crippen LogP contribution in [0.3, 0.4) is 0 Å². The average molecular weight is 848 g/mol. The average Bonchev–Trinajstić information content (AvgIpc) is 3.19. The van der Waals surface area contributed by atoms with Gasteiger partial charge in [0.2, 0.25) is 0 Å². The van der Waals surface area contributed by atoms with Crippen LogP contribution in [-0.2, 0) is 27.9 Å². The highest BCUT2D eigenvalue weighted by Crippen LogP contribution is 2.38. The number of ether oxygens (including phenoxy) is 2. The lowest BCUT2D eigenvalue weighted by Gasteiger charge is -2.28. The first-order chi connectivity index (χ1) is 28.6. The molecule has 0 amide bonds. The molecule has 0 N–H and O–H groups in total. The fourth-order valence-electron chi connectivity index (χ4n) is 6.10. The molecule has 8 nitrogen and oxygen atoms in total. The van der Waals surface area contributed by atoms with Crippen molar-refractivity contribution in [3.05, 3.63) is 72.9 Å². The number of phosphoric acid groups is 1. The number of quaternary nitrogens is 1. The summed E-state index contributed by atoms with van der Waals surface area (Å²) in [6.45, 7) is 5.23. The molecule has 0 aromatic carbocycles. The highest BCUT2D eigenvalue weighted by molar-refractivity contribution is 7.45. The molecule has 0 bridgehead atoms. The molecule has 0 aliphatic rings. The fraction of sp³-hybridized carbons (Fsp3) is 0.740. The Bertz CT molecular complexity index is 1170. The maximum Gasteiger partial charge on any atom is 0.306 e. The topological polar surface area (TPSA) is 94.1 Å². The lowest BCUT2D eigenvalue weighted by Crippen LogP contribution is -2.37. The van der Waals surface area contributed by atoms with Crippen molar-refractivity contribution >= 4 is 13.8 Å². The van der Waals surface area contributed by atoms with Gasteiger partial charge in [-0.25, -0.2) is 0 Å².